The van der Waals surface area contributed by atoms with E-state index in [1.807, 2.05) is 24.3 Å². The van der Waals surface area contributed by atoms with Gasteiger partial charge in [0.25, 0.3) is 0 Å². The summed E-state index contributed by atoms with van der Waals surface area (Å²) in [5.41, 5.74) is 0.973. The third kappa shape index (κ3) is 3.71. The quantitative estimate of drug-likeness (QED) is 0.886. The summed E-state index contributed by atoms with van der Waals surface area (Å²) in [6.07, 6.45) is 4.62. The van der Waals surface area contributed by atoms with E-state index in [1.165, 1.54) is 25.7 Å². The average molecular weight is 263 g/mol. The minimum absolute atomic E-state index is 0.405. The molecule has 0 radical (unpaired) electrons. The lowest BCUT2D eigenvalue weighted by molar-refractivity contribution is 0.0656. The van der Waals surface area contributed by atoms with Gasteiger partial charge in [-0.3, -0.25) is 4.90 Å². The molecule has 1 heterocycles. The van der Waals surface area contributed by atoms with E-state index in [0.29, 0.717) is 6.04 Å². The second-order valence-electron chi connectivity index (χ2n) is 5.34. The lowest BCUT2D eigenvalue weighted by atomic mass is 9.98. The molecule has 0 aliphatic carbocycles. The fraction of sp³-hybridized carbons (Fsp3) is 0.625. The number of hydrogen-bond donors (Lipinski definition) is 1. The maximum Gasteiger partial charge on any atom is 0.118 e. The fourth-order valence-corrected chi connectivity index (χ4v) is 2.92. The second kappa shape index (κ2) is 6.92. The molecule has 106 valence electrons. The summed E-state index contributed by atoms with van der Waals surface area (Å²) in [6, 6.07) is 8.36. The molecule has 19 heavy (non-hydrogen) atoms. The topological polar surface area (TPSA) is 32.7 Å². The number of β-amino-alcohol motifs (C(OH)–C–C–N with tert-alkyl or cyclic N) is 1. The fourth-order valence-electron chi connectivity index (χ4n) is 2.92. The molecular weight excluding hydrogens is 238 g/mol. The van der Waals surface area contributed by atoms with Crippen LogP contribution in [0.5, 0.6) is 5.75 Å². The lowest BCUT2D eigenvalue weighted by Crippen LogP contribution is -2.41. The highest BCUT2D eigenvalue weighted by atomic mass is 16.5. The third-order valence-corrected chi connectivity index (χ3v) is 4.13. The van der Waals surface area contributed by atoms with E-state index >= 15 is 0 Å². The van der Waals surface area contributed by atoms with Crippen LogP contribution in [0.3, 0.4) is 0 Å². The van der Waals surface area contributed by atoms with Crippen molar-refractivity contribution in [3.8, 4) is 5.75 Å². The van der Waals surface area contributed by atoms with Crippen molar-refractivity contribution in [3.63, 3.8) is 0 Å². The molecule has 1 N–H and O–H groups in total. The molecule has 0 amide bonds. The van der Waals surface area contributed by atoms with Crippen LogP contribution in [-0.2, 0) is 0 Å². The molecule has 1 aromatic rings. The van der Waals surface area contributed by atoms with Crippen LogP contribution in [0.25, 0.3) is 0 Å². The van der Waals surface area contributed by atoms with E-state index in [-0.39, 0.29) is 0 Å². The summed E-state index contributed by atoms with van der Waals surface area (Å²) in [7, 11) is 1.66. The van der Waals surface area contributed by atoms with E-state index in [1.54, 1.807) is 7.11 Å². The Hall–Kier alpha value is -1.06. The average Bonchev–Trinajstić information content (AvgIpc) is 2.48. The molecule has 0 bridgehead atoms. The minimum atomic E-state index is -0.405. The number of hydrogen-bond acceptors (Lipinski definition) is 3. The van der Waals surface area contributed by atoms with Crippen molar-refractivity contribution in [1.82, 2.24) is 4.90 Å². The van der Waals surface area contributed by atoms with Gasteiger partial charge < -0.3 is 9.84 Å². The Morgan fingerprint density at radius 2 is 2.05 bits per heavy atom. The number of piperidine rings is 1. The highest BCUT2D eigenvalue weighted by Gasteiger charge is 2.23. The van der Waals surface area contributed by atoms with Gasteiger partial charge >= 0.3 is 0 Å². The van der Waals surface area contributed by atoms with Crippen LogP contribution < -0.4 is 4.74 Å². The van der Waals surface area contributed by atoms with Crippen LogP contribution >= 0.6 is 0 Å². The molecule has 1 aliphatic heterocycles. The van der Waals surface area contributed by atoms with Gasteiger partial charge in [0.1, 0.15) is 5.75 Å². The molecule has 2 rings (SSSR count). The zero-order valence-electron chi connectivity index (χ0n) is 12.0. The van der Waals surface area contributed by atoms with Crippen molar-refractivity contribution in [2.75, 3.05) is 20.2 Å². The summed E-state index contributed by atoms with van der Waals surface area (Å²) in [5, 5.41) is 10.4. The highest BCUT2D eigenvalue weighted by molar-refractivity contribution is 5.28. The number of ether oxygens (including phenoxy) is 1. The number of likely N-dealkylation sites (tertiary alicyclic amines) is 1. The van der Waals surface area contributed by atoms with Crippen LogP contribution in [0, 0.1) is 0 Å². The predicted molar refractivity (Wildman–Crippen MR) is 77.5 cm³/mol. The summed E-state index contributed by atoms with van der Waals surface area (Å²) >= 11 is 0. The monoisotopic (exact) mass is 263 g/mol. The molecule has 1 aliphatic rings. The van der Waals surface area contributed by atoms with Gasteiger partial charge in [-0.15, -0.1) is 0 Å². The minimum Gasteiger partial charge on any atom is -0.497 e. The highest BCUT2D eigenvalue weighted by Crippen LogP contribution is 2.24. The summed E-state index contributed by atoms with van der Waals surface area (Å²) < 4.78 is 5.14. The smallest absolute Gasteiger partial charge is 0.118 e. The zero-order chi connectivity index (χ0) is 13.7. The second-order valence-corrected chi connectivity index (χ2v) is 5.34. The lowest BCUT2D eigenvalue weighted by Gasteiger charge is -2.36. The van der Waals surface area contributed by atoms with Gasteiger partial charge in [-0.2, -0.15) is 0 Å². The molecule has 0 spiro atoms. The first-order valence-corrected chi connectivity index (χ1v) is 7.30. The largest absolute Gasteiger partial charge is 0.497 e. The van der Waals surface area contributed by atoms with E-state index in [4.69, 9.17) is 4.74 Å². The van der Waals surface area contributed by atoms with Crippen LogP contribution in [0.15, 0.2) is 24.3 Å². The van der Waals surface area contributed by atoms with E-state index in [0.717, 1.165) is 24.4 Å². The Morgan fingerprint density at radius 3 is 2.68 bits per heavy atom. The van der Waals surface area contributed by atoms with E-state index < -0.39 is 6.10 Å². The van der Waals surface area contributed by atoms with Gasteiger partial charge in [0.2, 0.25) is 0 Å². The Morgan fingerprint density at radius 1 is 1.32 bits per heavy atom. The van der Waals surface area contributed by atoms with Gasteiger partial charge in [0.15, 0.2) is 0 Å². The molecular formula is C16H25NO2. The molecule has 2 unspecified atom stereocenters. The molecule has 3 heteroatoms. The van der Waals surface area contributed by atoms with Crippen molar-refractivity contribution in [1.29, 1.82) is 0 Å². The Labute approximate surface area is 116 Å². The van der Waals surface area contributed by atoms with Crippen LogP contribution in [-0.4, -0.2) is 36.2 Å². The number of benzene rings is 1. The molecule has 1 aromatic carbocycles. The number of rotatable bonds is 5. The maximum atomic E-state index is 10.4. The van der Waals surface area contributed by atoms with Gasteiger partial charge in [0.05, 0.1) is 13.2 Å². The maximum absolute atomic E-state index is 10.4. The Balaban J connectivity index is 1.96. The predicted octanol–water partition coefficient (Wildman–Crippen LogP) is 2.99. The summed E-state index contributed by atoms with van der Waals surface area (Å²) in [5.74, 6) is 0.834. The SMILES string of the molecule is CCC1CCCCN1CC(O)c1ccc(OC)cc1. The first kappa shape index (κ1) is 14.4. The van der Waals surface area contributed by atoms with Crippen molar-refractivity contribution in [2.24, 2.45) is 0 Å². The van der Waals surface area contributed by atoms with Gasteiger partial charge in [-0.1, -0.05) is 25.5 Å². The first-order valence-electron chi connectivity index (χ1n) is 7.30. The Kier molecular flexibility index (Phi) is 5.23. The van der Waals surface area contributed by atoms with Gasteiger partial charge in [0, 0.05) is 12.6 Å². The zero-order valence-corrected chi connectivity index (χ0v) is 12.0. The van der Waals surface area contributed by atoms with Crippen molar-refractivity contribution >= 4 is 0 Å². The third-order valence-electron chi connectivity index (χ3n) is 4.13. The first-order chi connectivity index (χ1) is 9.24. The number of aliphatic hydroxyl groups is 1. The van der Waals surface area contributed by atoms with Gasteiger partial charge in [-0.25, -0.2) is 0 Å². The van der Waals surface area contributed by atoms with Crippen LogP contribution in [0.4, 0.5) is 0 Å². The molecule has 0 saturated carbocycles. The summed E-state index contributed by atoms with van der Waals surface area (Å²) in [4.78, 5) is 2.44. The van der Waals surface area contributed by atoms with Crippen molar-refractivity contribution in [3.05, 3.63) is 29.8 Å². The standard InChI is InChI=1S/C16H25NO2/c1-3-14-6-4-5-11-17(14)12-16(18)13-7-9-15(19-2)10-8-13/h7-10,14,16,18H,3-6,11-12H2,1-2H3. The van der Waals surface area contributed by atoms with Crippen LogP contribution in [0.1, 0.15) is 44.3 Å². The van der Waals surface area contributed by atoms with Crippen molar-refractivity contribution in [2.45, 2.75) is 44.8 Å². The molecule has 1 fully saturated rings. The number of methoxy groups -OCH3 is 1. The van der Waals surface area contributed by atoms with E-state index in [2.05, 4.69) is 11.8 Å². The molecule has 0 aromatic heterocycles. The molecule has 1 saturated heterocycles. The van der Waals surface area contributed by atoms with Crippen LogP contribution in [0.2, 0.25) is 0 Å². The van der Waals surface area contributed by atoms with Gasteiger partial charge in [-0.05, 0) is 43.5 Å². The molecule has 3 nitrogen and oxygen atoms in total. The van der Waals surface area contributed by atoms with E-state index in [9.17, 15) is 5.11 Å². The summed E-state index contributed by atoms with van der Waals surface area (Å²) in [6.45, 7) is 4.10. The number of aliphatic hydroxyl groups excluding tert-OH is 1. The number of nitrogens with zero attached hydrogens (tertiary/aromatic N) is 1. The van der Waals surface area contributed by atoms with Crippen molar-refractivity contribution < 1.29 is 9.84 Å². The normalized spacial score (nSPS) is 22.2. The molecule has 2 atom stereocenters. The Bertz CT molecular complexity index is 377.